The molecule has 3 N–H and O–H groups in total. The Morgan fingerprint density at radius 3 is 2.75 bits per heavy atom. The Hall–Kier alpha value is -2.33. The lowest BCUT2D eigenvalue weighted by molar-refractivity contribution is 0.561. The number of nitrogens with two attached hydrogens (primary N) is 1. The number of rotatable bonds is 3. The van der Waals surface area contributed by atoms with Gasteiger partial charge in [-0.25, -0.2) is 4.98 Å². The average molecular weight is 267 g/mol. The van der Waals surface area contributed by atoms with Gasteiger partial charge in [-0.1, -0.05) is 18.2 Å². The van der Waals surface area contributed by atoms with Crippen LogP contribution in [0.1, 0.15) is 23.1 Å². The minimum absolute atomic E-state index is 0.176. The lowest BCUT2D eigenvalue weighted by Gasteiger charge is -2.13. The Morgan fingerprint density at radius 2 is 1.95 bits per heavy atom. The van der Waals surface area contributed by atoms with Gasteiger partial charge in [-0.2, -0.15) is 0 Å². The van der Waals surface area contributed by atoms with E-state index in [1.807, 2.05) is 50.4 Å². The molecule has 0 bridgehead atoms. The number of nitrogens with zero attached hydrogens (tertiary/aromatic N) is 1. The first-order chi connectivity index (χ1) is 9.67. The van der Waals surface area contributed by atoms with Crippen molar-refractivity contribution in [1.82, 2.24) is 4.98 Å². The van der Waals surface area contributed by atoms with Gasteiger partial charge in [-0.05, 0) is 35.4 Å². The van der Waals surface area contributed by atoms with E-state index in [1.165, 1.54) is 0 Å². The second kappa shape index (κ2) is 4.98. The van der Waals surface area contributed by atoms with Crippen LogP contribution in [0.2, 0.25) is 0 Å². The fourth-order valence-electron chi connectivity index (χ4n) is 2.33. The summed E-state index contributed by atoms with van der Waals surface area (Å²) in [7, 11) is 1.90. The van der Waals surface area contributed by atoms with Gasteiger partial charge in [-0.15, -0.1) is 0 Å². The van der Waals surface area contributed by atoms with Crippen LogP contribution in [0.15, 0.2) is 46.9 Å². The van der Waals surface area contributed by atoms with Gasteiger partial charge in [0.2, 0.25) is 0 Å². The summed E-state index contributed by atoms with van der Waals surface area (Å²) in [5, 5.41) is 3.12. The first-order valence-electron chi connectivity index (χ1n) is 6.58. The van der Waals surface area contributed by atoms with Crippen LogP contribution in [-0.2, 0) is 0 Å². The quantitative estimate of drug-likeness (QED) is 0.764. The third kappa shape index (κ3) is 2.26. The first-order valence-corrected chi connectivity index (χ1v) is 6.58. The highest BCUT2D eigenvalue weighted by atomic mass is 16.3. The van der Waals surface area contributed by atoms with E-state index in [4.69, 9.17) is 10.2 Å². The Bertz CT molecular complexity index is 748. The third-order valence-corrected chi connectivity index (χ3v) is 3.41. The molecule has 0 amide bonds. The Balaban J connectivity index is 2.00. The van der Waals surface area contributed by atoms with E-state index in [0.717, 1.165) is 27.9 Å². The summed E-state index contributed by atoms with van der Waals surface area (Å²) in [4.78, 5) is 4.35. The smallest absolute Gasteiger partial charge is 0.192 e. The zero-order valence-corrected chi connectivity index (χ0v) is 11.6. The molecule has 0 aliphatic carbocycles. The molecule has 1 heterocycles. The van der Waals surface area contributed by atoms with Gasteiger partial charge < -0.3 is 15.5 Å². The van der Waals surface area contributed by atoms with Gasteiger partial charge in [0.05, 0.1) is 6.04 Å². The van der Waals surface area contributed by atoms with Crippen LogP contribution < -0.4 is 11.1 Å². The second-order valence-corrected chi connectivity index (χ2v) is 4.81. The average Bonchev–Trinajstić information content (AvgIpc) is 2.85. The van der Waals surface area contributed by atoms with E-state index >= 15 is 0 Å². The molecule has 1 aromatic heterocycles. The fraction of sp³-hybridized carbons (Fsp3) is 0.188. The van der Waals surface area contributed by atoms with Crippen LogP contribution in [-0.4, -0.2) is 12.0 Å². The SMILES string of the molecule is CNc1cccc(C(N)c2ccc3oc(C)nc3c2)c1. The molecule has 4 nitrogen and oxygen atoms in total. The van der Waals surface area contributed by atoms with E-state index in [9.17, 15) is 0 Å². The lowest BCUT2D eigenvalue weighted by Crippen LogP contribution is -2.11. The van der Waals surface area contributed by atoms with Crippen molar-refractivity contribution in [1.29, 1.82) is 0 Å². The molecule has 1 unspecified atom stereocenters. The molecule has 0 radical (unpaired) electrons. The maximum Gasteiger partial charge on any atom is 0.192 e. The van der Waals surface area contributed by atoms with Gasteiger partial charge in [0.25, 0.3) is 0 Å². The molecule has 0 saturated heterocycles. The highest BCUT2D eigenvalue weighted by molar-refractivity contribution is 5.73. The van der Waals surface area contributed by atoms with Gasteiger partial charge in [0.15, 0.2) is 11.5 Å². The van der Waals surface area contributed by atoms with Crippen LogP contribution in [0, 0.1) is 6.92 Å². The maximum absolute atomic E-state index is 6.35. The third-order valence-electron chi connectivity index (χ3n) is 3.41. The molecular formula is C16H17N3O. The largest absolute Gasteiger partial charge is 0.441 e. The standard InChI is InChI=1S/C16H17N3O/c1-10-19-14-9-12(6-7-15(14)20-10)16(17)11-4-3-5-13(8-11)18-2/h3-9,16,18H,17H2,1-2H3. The number of oxazole rings is 1. The number of hydrogen-bond acceptors (Lipinski definition) is 4. The van der Waals surface area contributed by atoms with E-state index in [0.29, 0.717) is 5.89 Å². The van der Waals surface area contributed by atoms with Crippen molar-refractivity contribution in [3.8, 4) is 0 Å². The van der Waals surface area contributed by atoms with Gasteiger partial charge >= 0.3 is 0 Å². The van der Waals surface area contributed by atoms with E-state index in [1.54, 1.807) is 0 Å². The Kier molecular flexibility index (Phi) is 3.16. The molecular weight excluding hydrogens is 250 g/mol. The molecule has 1 atom stereocenters. The number of aryl methyl sites for hydroxylation is 1. The van der Waals surface area contributed by atoms with Crippen LogP contribution in [0.3, 0.4) is 0 Å². The van der Waals surface area contributed by atoms with E-state index in [2.05, 4.69) is 16.4 Å². The summed E-state index contributed by atoms with van der Waals surface area (Å²) in [6, 6.07) is 13.8. The molecule has 20 heavy (non-hydrogen) atoms. The fourth-order valence-corrected chi connectivity index (χ4v) is 2.33. The monoisotopic (exact) mass is 267 g/mol. The van der Waals surface area contributed by atoms with Gasteiger partial charge in [-0.3, -0.25) is 0 Å². The summed E-state index contributed by atoms with van der Waals surface area (Å²) in [5.41, 5.74) is 11.1. The predicted octanol–water partition coefficient (Wildman–Crippen LogP) is 3.23. The minimum atomic E-state index is -0.176. The van der Waals surface area contributed by atoms with Crippen molar-refractivity contribution in [2.45, 2.75) is 13.0 Å². The zero-order valence-electron chi connectivity index (χ0n) is 11.6. The van der Waals surface area contributed by atoms with Crippen LogP contribution in [0.4, 0.5) is 5.69 Å². The molecule has 0 spiro atoms. The number of hydrogen-bond donors (Lipinski definition) is 2. The Labute approximate surface area is 117 Å². The summed E-state index contributed by atoms with van der Waals surface area (Å²) in [6.45, 7) is 1.84. The molecule has 102 valence electrons. The normalized spacial score (nSPS) is 12.6. The van der Waals surface area contributed by atoms with E-state index < -0.39 is 0 Å². The first kappa shape index (κ1) is 12.7. The topological polar surface area (TPSA) is 64.1 Å². The van der Waals surface area contributed by atoms with Crippen molar-refractivity contribution in [2.24, 2.45) is 5.73 Å². The summed E-state index contributed by atoms with van der Waals surface area (Å²) in [5.74, 6) is 0.669. The van der Waals surface area contributed by atoms with Crippen LogP contribution in [0.25, 0.3) is 11.1 Å². The van der Waals surface area contributed by atoms with Crippen LogP contribution in [0.5, 0.6) is 0 Å². The predicted molar refractivity (Wildman–Crippen MR) is 80.8 cm³/mol. The van der Waals surface area contributed by atoms with Crippen molar-refractivity contribution in [3.05, 3.63) is 59.5 Å². The molecule has 0 aliphatic heterocycles. The summed E-state index contributed by atoms with van der Waals surface area (Å²) in [6.07, 6.45) is 0. The number of aromatic nitrogens is 1. The Morgan fingerprint density at radius 1 is 1.15 bits per heavy atom. The zero-order chi connectivity index (χ0) is 14.1. The van der Waals surface area contributed by atoms with Crippen molar-refractivity contribution in [2.75, 3.05) is 12.4 Å². The van der Waals surface area contributed by atoms with Crippen molar-refractivity contribution < 1.29 is 4.42 Å². The lowest BCUT2D eigenvalue weighted by atomic mass is 9.99. The summed E-state index contributed by atoms with van der Waals surface area (Å²) >= 11 is 0. The number of benzene rings is 2. The molecule has 0 aliphatic rings. The number of anilines is 1. The van der Waals surface area contributed by atoms with Gasteiger partial charge in [0, 0.05) is 19.7 Å². The molecule has 4 heteroatoms. The second-order valence-electron chi connectivity index (χ2n) is 4.81. The van der Waals surface area contributed by atoms with Crippen LogP contribution >= 0.6 is 0 Å². The van der Waals surface area contributed by atoms with Gasteiger partial charge in [0.1, 0.15) is 5.52 Å². The number of nitrogens with one attached hydrogen (secondary N) is 1. The highest BCUT2D eigenvalue weighted by Crippen LogP contribution is 2.25. The molecule has 3 aromatic rings. The molecule has 0 fully saturated rings. The molecule has 0 saturated carbocycles. The minimum Gasteiger partial charge on any atom is -0.441 e. The maximum atomic E-state index is 6.35. The van der Waals surface area contributed by atoms with Crippen molar-refractivity contribution in [3.63, 3.8) is 0 Å². The van der Waals surface area contributed by atoms with Crippen molar-refractivity contribution >= 4 is 16.8 Å². The molecule has 3 rings (SSSR count). The van der Waals surface area contributed by atoms with E-state index in [-0.39, 0.29) is 6.04 Å². The number of fused-ring (bicyclic) bond motifs is 1. The molecule has 2 aromatic carbocycles. The highest BCUT2D eigenvalue weighted by Gasteiger charge is 2.11. The summed E-state index contributed by atoms with van der Waals surface area (Å²) < 4.78 is 5.48.